The molecule has 0 spiro atoms. The Hall–Kier alpha value is -2.35. The predicted molar refractivity (Wildman–Crippen MR) is 123 cm³/mol. The molecule has 8 heteroatoms. The lowest BCUT2D eigenvalue weighted by Gasteiger charge is -2.28. The number of morpholine rings is 1. The summed E-state index contributed by atoms with van der Waals surface area (Å²) in [6.07, 6.45) is 6.79. The molecular formula is C22H29ClFN5O. The number of nitrogens with one attached hydrogen (secondary N) is 1. The maximum atomic E-state index is 13.4. The Morgan fingerprint density at radius 2 is 2.10 bits per heavy atom. The number of rotatable bonds is 7. The van der Waals surface area contributed by atoms with Crippen LogP contribution < -0.4 is 16.0 Å². The molecule has 0 bridgehead atoms. The Morgan fingerprint density at radius 1 is 1.40 bits per heavy atom. The number of fused-ring (bicyclic) bond motifs is 1. The van der Waals surface area contributed by atoms with Crippen molar-refractivity contribution in [2.24, 2.45) is 5.73 Å². The third-order valence-electron chi connectivity index (χ3n) is 4.95. The standard InChI is InChI=1S/C22H29ClFN5O/c1-14(2)27-21-18(11-25)19(17(16(4)23)6-5-15(3)24)13-29-20(12-26-22(21)29)28-7-9-30-10-8-28/h5-6,12-14,27H,3,7-11,25H2,1-2,4H3/b6-5-,17-16-. The van der Waals surface area contributed by atoms with E-state index in [2.05, 4.69) is 30.6 Å². The molecule has 3 rings (SSSR count). The van der Waals surface area contributed by atoms with E-state index in [1.165, 1.54) is 6.08 Å². The lowest BCUT2D eigenvalue weighted by molar-refractivity contribution is 0.122. The molecule has 30 heavy (non-hydrogen) atoms. The van der Waals surface area contributed by atoms with Crippen LogP contribution in [0.1, 0.15) is 31.9 Å². The second-order valence-corrected chi connectivity index (χ2v) is 8.10. The average Bonchev–Trinajstić information content (AvgIpc) is 3.12. The third-order valence-corrected chi connectivity index (χ3v) is 5.15. The van der Waals surface area contributed by atoms with Gasteiger partial charge in [-0.1, -0.05) is 24.3 Å². The second kappa shape index (κ2) is 9.64. The first-order valence-corrected chi connectivity index (χ1v) is 10.4. The SMILES string of the molecule is C=C(F)/C=C\C(=C(/C)Cl)c1cn2c(N3CCOCC3)cnc2c(NC(C)C)c1CN. The number of imidazole rings is 1. The maximum absolute atomic E-state index is 13.4. The third kappa shape index (κ3) is 4.69. The van der Waals surface area contributed by atoms with Crippen molar-refractivity contribution in [2.75, 3.05) is 36.5 Å². The molecule has 0 atom stereocenters. The average molecular weight is 434 g/mol. The first kappa shape index (κ1) is 22.3. The smallest absolute Gasteiger partial charge is 0.162 e. The van der Waals surface area contributed by atoms with Gasteiger partial charge in [0.05, 0.1) is 25.1 Å². The summed E-state index contributed by atoms with van der Waals surface area (Å²) in [4.78, 5) is 6.94. The normalized spacial score (nSPS) is 15.9. The summed E-state index contributed by atoms with van der Waals surface area (Å²) in [7, 11) is 0. The second-order valence-electron chi connectivity index (χ2n) is 7.54. The summed E-state index contributed by atoms with van der Waals surface area (Å²) in [5.41, 5.74) is 10.2. The zero-order chi connectivity index (χ0) is 21.8. The van der Waals surface area contributed by atoms with Crippen LogP contribution in [0.3, 0.4) is 0 Å². The van der Waals surface area contributed by atoms with E-state index in [-0.39, 0.29) is 12.6 Å². The molecule has 0 aliphatic carbocycles. The molecule has 1 fully saturated rings. The van der Waals surface area contributed by atoms with Gasteiger partial charge >= 0.3 is 0 Å². The summed E-state index contributed by atoms with van der Waals surface area (Å²) in [6, 6.07) is 0.170. The van der Waals surface area contributed by atoms with Crippen molar-refractivity contribution < 1.29 is 9.13 Å². The van der Waals surface area contributed by atoms with Crippen molar-refractivity contribution in [3.05, 3.63) is 53.1 Å². The lowest BCUT2D eigenvalue weighted by atomic mass is 9.99. The summed E-state index contributed by atoms with van der Waals surface area (Å²) in [6.45, 7) is 12.4. The van der Waals surface area contributed by atoms with Gasteiger partial charge in [0.15, 0.2) is 5.65 Å². The largest absolute Gasteiger partial charge is 0.380 e. The summed E-state index contributed by atoms with van der Waals surface area (Å²) in [5, 5.41) is 4.03. The van der Waals surface area contributed by atoms with E-state index >= 15 is 0 Å². The topological polar surface area (TPSA) is 67.8 Å². The highest BCUT2D eigenvalue weighted by molar-refractivity contribution is 6.33. The Bertz CT molecular complexity index is 985. The van der Waals surface area contributed by atoms with Crippen molar-refractivity contribution in [1.29, 1.82) is 0 Å². The molecule has 1 aliphatic rings. The fourth-order valence-corrected chi connectivity index (χ4v) is 3.78. The van der Waals surface area contributed by atoms with Crippen molar-refractivity contribution in [2.45, 2.75) is 33.4 Å². The molecule has 3 N–H and O–H groups in total. The van der Waals surface area contributed by atoms with Gasteiger partial charge in [0, 0.05) is 48.0 Å². The number of aromatic nitrogens is 2. The number of ether oxygens (including phenoxy) is 1. The van der Waals surface area contributed by atoms with Crippen LogP contribution in [0.15, 0.2) is 42.0 Å². The van der Waals surface area contributed by atoms with Gasteiger partial charge in [-0.05, 0) is 32.4 Å². The van der Waals surface area contributed by atoms with Crippen molar-refractivity contribution in [3.63, 3.8) is 0 Å². The van der Waals surface area contributed by atoms with E-state index in [0.717, 1.165) is 41.4 Å². The summed E-state index contributed by atoms with van der Waals surface area (Å²) >= 11 is 6.43. The zero-order valence-electron chi connectivity index (χ0n) is 17.7. The Balaban J connectivity index is 2.29. The molecule has 6 nitrogen and oxygen atoms in total. The maximum Gasteiger partial charge on any atom is 0.162 e. The van der Waals surface area contributed by atoms with Gasteiger partial charge in [0.25, 0.3) is 0 Å². The molecule has 2 aromatic rings. The van der Waals surface area contributed by atoms with E-state index in [9.17, 15) is 4.39 Å². The fraction of sp³-hybridized carbons (Fsp3) is 0.409. The van der Waals surface area contributed by atoms with Crippen molar-refractivity contribution in [1.82, 2.24) is 9.38 Å². The number of halogens is 2. The van der Waals surface area contributed by atoms with E-state index in [4.69, 9.17) is 27.1 Å². The summed E-state index contributed by atoms with van der Waals surface area (Å²) in [5.74, 6) is 0.424. The van der Waals surface area contributed by atoms with Gasteiger partial charge in [0.2, 0.25) is 0 Å². The number of allylic oxidation sites excluding steroid dienone is 5. The van der Waals surface area contributed by atoms with E-state index in [0.29, 0.717) is 23.8 Å². The molecule has 1 aliphatic heterocycles. The van der Waals surface area contributed by atoms with Crippen molar-refractivity contribution in [3.8, 4) is 0 Å². The van der Waals surface area contributed by atoms with Gasteiger partial charge < -0.3 is 20.7 Å². The highest BCUT2D eigenvalue weighted by Crippen LogP contribution is 2.35. The Morgan fingerprint density at radius 3 is 2.67 bits per heavy atom. The van der Waals surface area contributed by atoms with Gasteiger partial charge in [-0.3, -0.25) is 4.40 Å². The monoisotopic (exact) mass is 433 g/mol. The highest BCUT2D eigenvalue weighted by atomic mass is 35.5. The van der Waals surface area contributed by atoms with Crippen LogP contribution in [0.25, 0.3) is 11.2 Å². The molecule has 3 heterocycles. The number of hydrogen-bond acceptors (Lipinski definition) is 5. The number of hydrogen-bond donors (Lipinski definition) is 2. The Labute approximate surface area is 181 Å². The predicted octanol–water partition coefficient (Wildman–Crippen LogP) is 4.46. The fourth-order valence-electron chi connectivity index (χ4n) is 3.62. The van der Waals surface area contributed by atoms with Crippen LogP contribution in [0.2, 0.25) is 0 Å². The van der Waals surface area contributed by atoms with Crippen LogP contribution in [-0.4, -0.2) is 41.7 Å². The highest BCUT2D eigenvalue weighted by Gasteiger charge is 2.22. The number of pyridine rings is 1. The molecule has 1 saturated heterocycles. The molecule has 2 aromatic heterocycles. The zero-order valence-corrected chi connectivity index (χ0v) is 18.5. The van der Waals surface area contributed by atoms with Crippen LogP contribution >= 0.6 is 11.6 Å². The van der Waals surface area contributed by atoms with Crippen LogP contribution in [-0.2, 0) is 11.3 Å². The van der Waals surface area contributed by atoms with Gasteiger partial charge in [-0.15, -0.1) is 0 Å². The molecule has 0 aromatic carbocycles. The lowest BCUT2D eigenvalue weighted by Crippen LogP contribution is -2.37. The van der Waals surface area contributed by atoms with Crippen LogP contribution in [0.5, 0.6) is 0 Å². The van der Waals surface area contributed by atoms with Gasteiger partial charge in [-0.2, -0.15) is 0 Å². The molecule has 0 amide bonds. The number of nitrogens with zero attached hydrogens (tertiary/aromatic N) is 3. The van der Waals surface area contributed by atoms with E-state index < -0.39 is 5.83 Å². The number of nitrogens with two attached hydrogens (primary N) is 1. The van der Waals surface area contributed by atoms with Gasteiger partial charge in [0.1, 0.15) is 11.6 Å². The van der Waals surface area contributed by atoms with E-state index in [1.54, 1.807) is 13.0 Å². The van der Waals surface area contributed by atoms with Crippen LogP contribution in [0.4, 0.5) is 15.9 Å². The molecule has 0 radical (unpaired) electrons. The first-order chi connectivity index (χ1) is 14.3. The minimum absolute atomic E-state index is 0.170. The van der Waals surface area contributed by atoms with Gasteiger partial charge in [-0.25, -0.2) is 9.37 Å². The van der Waals surface area contributed by atoms with E-state index in [1.807, 2.05) is 16.8 Å². The quantitative estimate of drug-likeness (QED) is 0.631. The Kier molecular flexibility index (Phi) is 7.18. The molecular weight excluding hydrogens is 405 g/mol. The number of anilines is 2. The van der Waals surface area contributed by atoms with Crippen LogP contribution in [0, 0.1) is 0 Å². The first-order valence-electron chi connectivity index (χ1n) is 10.0. The van der Waals surface area contributed by atoms with Crippen molar-refractivity contribution >= 4 is 34.3 Å². The molecule has 162 valence electrons. The summed E-state index contributed by atoms with van der Waals surface area (Å²) < 4.78 is 20.9. The molecule has 0 saturated carbocycles. The molecule has 0 unspecified atom stereocenters. The minimum Gasteiger partial charge on any atom is -0.380 e. The minimum atomic E-state index is -0.544.